The van der Waals surface area contributed by atoms with Crippen molar-refractivity contribution in [3.63, 3.8) is 0 Å². The van der Waals surface area contributed by atoms with Crippen molar-refractivity contribution in [2.75, 3.05) is 68.0 Å². The van der Waals surface area contributed by atoms with Gasteiger partial charge in [0.15, 0.2) is 11.6 Å². The molecule has 0 amide bonds. The van der Waals surface area contributed by atoms with E-state index in [0.717, 1.165) is 57.3 Å². The molecule has 0 radical (unpaired) electrons. The third kappa shape index (κ3) is 8.27. The lowest BCUT2D eigenvalue weighted by molar-refractivity contribution is 0.145. The highest BCUT2D eigenvalue weighted by molar-refractivity contribution is 7.92. The van der Waals surface area contributed by atoms with E-state index < -0.39 is 15.8 Å². The minimum absolute atomic E-state index is 0.0967. The number of piperazine rings is 1. The molecular weight excluding hydrogens is 497 g/mol. The van der Waals surface area contributed by atoms with E-state index in [-0.39, 0.29) is 17.5 Å². The molecule has 0 saturated carbocycles. The Balaban J connectivity index is 1.32. The van der Waals surface area contributed by atoms with Crippen LogP contribution >= 0.6 is 0 Å². The number of hydrogen-bond acceptors (Lipinski definition) is 9. The van der Waals surface area contributed by atoms with Gasteiger partial charge in [0.2, 0.25) is 16.0 Å². The van der Waals surface area contributed by atoms with Crippen LogP contribution in [-0.4, -0.2) is 80.8 Å². The number of halogens is 1. The van der Waals surface area contributed by atoms with E-state index in [1.54, 1.807) is 24.3 Å². The largest absolute Gasteiger partial charge is 0.494 e. The van der Waals surface area contributed by atoms with Gasteiger partial charge in [-0.25, -0.2) is 17.8 Å². The maximum Gasteiger partial charge on any atom is 0.229 e. The first kappa shape index (κ1) is 26.6. The predicted octanol–water partition coefficient (Wildman–Crippen LogP) is 3.49. The van der Waals surface area contributed by atoms with Gasteiger partial charge in [-0.3, -0.25) is 4.72 Å². The molecule has 3 aromatic rings. The number of nitrogens with one attached hydrogen (secondary N) is 3. The van der Waals surface area contributed by atoms with Crippen molar-refractivity contribution in [1.29, 1.82) is 0 Å². The maximum atomic E-state index is 14.4. The Bertz CT molecular complexity index is 1280. The van der Waals surface area contributed by atoms with Gasteiger partial charge in [0.25, 0.3) is 0 Å². The number of sulfonamides is 1. The van der Waals surface area contributed by atoms with Crippen molar-refractivity contribution in [2.24, 2.45) is 0 Å². The summed E-state index contributed by atoms with van der Waals surface area (Å²) in [6, 6.07) is 13.9. The minimum atomic E-state index is -3.51. The highest BCUT2D eigenvalue weighted by Crippen LogP contribution is 2.27. The van der Waals surface area contributed by atoms with Crippen LogP contribution in [0.1, 0.15) is 6.42 Å². The van der Waals surface area contributed by atoms with Crippen LogP contribution in [-0.2, 0) is 10.0 Å². The molecule has 2 heterocycles. The summed E-state index contributed by atoms with van der Waals surface area (Å²) in [5.41, 5.74) is 1.34. The van der Waals surface area contributed by atoms with E-state index in [9.17, 15) is 12.8 Å². The summed E-state index contributed by atoms with van der Waals surface area (Å²) >= 11 is 0. The summed E-state index contributed by atoms with van der Waals surface area (Å²) in [6.07, 6.45) is 3.05. The summed E-state index contributed by atoms with van der Waals surface area (Å²) in [7, 11) is -1.36. The van der Waals surface area contributed by atoms with Crippen LogP contribution in [0.4, 0.5) is 33.2 Å². The molecule has 0 aliphatic carbocycles. The fourth-order valence-electron chi connectivity index (χ4n) is 3.84. The molecular formula is C25H32FN7O3S. The van der Waals surface area contributed by atoms with Gasteiger partial charge < -0.3 is 25.2 Å². The quantitative estimate of drug-likeness (QED) is 0.321. The Kier molecular flexibility index (Phi) is 8.74. The number of aromatic nitrogens is 2. The predicted molar refractivity (Wildman–Crippen MR) is 144 cm³/mol. The fourth-order valence-corrected chi connectivity index (χ4v) is 4.41. The second-order valence-electron chi connectivity index (χ2n) is 8.93. The smallest absolute Gasteiger partial charge is 0.229 e. The van der Waals surface area contributed by atoms with E-state index in [1.165, 1.54) is 0 Å². The van der Waals surface area contributed by atoms with Crippen LogP contribution in [0.15, 0.2) is 54.7 Å². The van der Waals surface area contributed by atoms with Gasteiger partial charge in [-0.05, 0) is 49.9 Å². The molecule has 0 unspecified atom stereocenters. The Morgan fingerprint density at radius 3 is 2.41 bits per heavy atom. The standard InChI is InChI=1S/C25H32FN7O3S/c1-32-13-15-33(16-14-32)12-5-17-36-20-10-8-19(9-11-20)28-25-27-18-21(26)24(30-25)29-22-6-3-4-7-23(22)31-37(2,34)35/h3-4,6-11,18,31H,5,12-17H2,1-2H3,(H2,27,28,29,30). The maximum absolute atomic E-state index is 14.4. The monoisotopic (exact) mass is 529 g/mol. The van der Waals surface area contributed by atoms with Crippen molar-refractivity contribution < 1.29 is 17.5 Å². The van der Waals surface area contributed by atoms with Gasteiger partial charge in [-0.15, -0.1) is 0 Å². The zero-order valence-corrected chi connectivity index (χ0v) is 21.8. The van der Waals surface area contributed by atoms with E-state index in [4.69, 9.17) is 4.74 Å². The molecule has 0 bridgehead atoms. The Morgan fingerprint density at radius 2 is 1.70 bits per heavy atom. The molecule has 1 aliphatic heterocycles. The first-order chi connectivity index (χ1) is 17.7. The SMILES string of the molecule is CN1CCN(CCCOc2ccc(Nc3ncc(F)c(Nc4ccccc4NS(C)(=O)=O)n3)cc2)CC1. The topological polar surface area (TPSA) is 112 Å². The average molecular weight is 530 g/mol. The van der Waals surface area contributed by atoms with Crippen LogP contribution in [0.5, 0.6) is 5.75 Å². The number of nitrogens with zero attached hydrogens (tertiary/aromatic N) is 4. The van der Waals surface area contributed by atoms with Crippen molar-refractivity contribution in [3.05, 3.63) is 60.5 Å². The van der Waals surface area contributed by atoms with Crippen molar-refractivity contribution in [3.8, 4) is 5.75 Å². The molecule has 198 valence electrons. The lowest BCUT2D eigenvalue weighted by atomic mass is 10.2. The van der Waals surface area contributed by atoms with Crippen molar-refractivity contribution in [1.82, 2.24) is 19.8 Å². The molecule has 4 rings (SSSR count). The number of rotatable bonds is 11. The summed E-state index contributed by atoms with van der Waals surface area (Å²) in [5.74, 6) is 0.167. The molecule has 10 nitrogen and oxygen atoms in total. The van der Waals surface area contributed by atoms with Crippen LogP contribution in [0, 0.1) is 5.82 Å². The number of anilines is 5. The number of ether oxygens (including phenoxy) is 1. The molecule has 12 heteroatoms. The molecule has 37 heavy (non-hydrogen) atoms. The van der Waals surface area contributed by atoms with Gasteiger partial charge in [0.05, 0.1) is 30.4 Å². The number of hydrogen-bond donors (Lipinski definition) is 3. The molecule has 1 saturated heterocycles. The number of para-hydroxylation sites is 2. The second kappa shape index (κ2) is 12.2. The van der Waals surface area contributed by atoms with Gasteiger partial charge in [0.1, 0.15) is 5.75 Å². The van der Waals surface area contributed by atoms with Crippen LogP contribution in [0.2, 0.25) is 0 Å². The van der Waals surface area contributed by atoms with E-state index in [2.05, 4.69) is 42.2 Å². The normalized spacial score (nSPS) is 14.8. The summed E-state index contributed by atoms with van der Waals surface area (Å²) in [4.78, 5) is 13.0. The van der Waals surface area contributed by atoms with E-state index in [0.29, 0.717) is 18.0 Å². The van der Waals surface area contributed by atoms with Crippen LogP contribution in [0.25, 0.3) is 0 Å². The number of benzene rings is 2. The highest BCUT2D eigenvalue weighted by atomic mass is 32.2. The minimum Gasteiger partial charge on any atom is -0.494 e. The van der Waals surface area contributed by atoms with Crippen LogP contribution in [0.3, 0.4) is 0 Å². The third-order valence-electron chi connectivity index (χ3n) is 5.81. The third-order valence-corrected chi connectivity index (χ3v) is 6.40. The van der Waals surface area contributed by atoms with Crippen LogP contribution < -0.4 is 20.1 Å². The van der Waals surface area contributed by atoms with Gasteiger partial charge in [-0.1, -0.05) is 12.1 Å². The summed E-state index contributed by atoms with van der Waals surface area (Å²) in [5, 5.41) is 5.88. The Morgan fingerprint density at radius 1 is 1.00 bits per heavy atom. The summed E-state index contributed by atoms with van der Waals surface area (Å²) < 4.78 is 46.0. The second-order valence-corrected chi connectivity index (χ2v) is 10.7. The first-order valence-corrected chi connectivity index (χ1v) is 13.9. The molecule has 1 fully saturated rings. The zero-order chi connectivity index (χ0) is 26.3. The van der Waals surface area contributed by atoms with Gasteiger partial charge >= 0.3 is 0 Å². The molecule has 1 aliphatic rings. The zero-order valence-electron chi connectivity index (χ0n) is 20.9. The molecule has 1 aromatic heterocycles. The van der Waals surface area contributed by atoms with Crippen molar-refractivity contribution >= 4 is 38.9 Å². The van der Waals surface area contributed by atoms with Gasteiger partial charge in [-0.2, -0.15) is 4.98 Å². The Labute approximate surface area is 216 Å². The van der Waals surface area contributed by atoms with E-state index >= 15 is 0 Å². The molecule has 0 atom stereocenters. The molecule has 3 N–H and O–H groups in total. The fraction of sp³-hybridized carbons (Fsp3) is 0.360. The molecule has 0 spiro atoms. The lowest BCUT2D eigenvalue weighted by Crippen LogP contribution is -2.44. The Hall–Kier alpha value is -3.48. The molecule has 2 aromatic carbocycles. The highest BCUT2D eigenvalue weighted by Gasteiger charge is 2.14. The van der Waals surface area contributed by atoms with Gasteiger partial charge in [0, 0.05) is 38.4 Å². The first-order valence-electron chi connectivity index (χ1n) is 12.0. The van der Waals surface area contributed by atoms with Crippen molar-refractivity contribution in [2.45, 2.75) is 6.42 Å². The lowest BCUT2D eigenvalue weighted by Gasteiger charge is -2.32. The summed E-state index contributed by atoms with van der Waals surface area (Å²) in [6.45, 7) is 6.09. The number of likely N-dealkylation sites (N-methyl/N-ethyl adjacent to an activating group) is 1. The average Bonchev–Trinajstić information content (AvgIpc) is 2.86. The van der Waals surface area contributed by atoms with E-state index in [1.807, 2.05) is 24.3 Å².